The van der Waals surface area contributed by atoms with Gasteiger partial charge < -0.3 is 0 Å². The van der Waals surface area contributed by atoms with E-state index in [9.17, 15) is 5.26 Å². The largest absolute Gasteiger partial charge is 0.197 e. The van der Waals surface area contributed by atoms with Crippen LogP contribution < -0.4 is 0 Å². The molecule has 0 heterocycles. The molecular formula is C21H33N. The first-order valence-electron chi connectivity index (χ1n) is 8.55. The van der Waals surface area contributed by atoms with Gasteiger partial charge >= 0.3 is 0 Å². The molecule has 1 unspecified atom stereocenters. The van der Waals surface area contributed by atoms with Crippen LogP contribution in [0.1, 0.15) is 65.2 Å². The summed E-state index contributed by atoms with van der Waals surface area (Å²) in [4.78, 5) is 0. The van der Waals surface area contributed by atoms with E-state index in [0.29, 0.717) is 5.92 Å². The van der Waals surface area contributed by atoms with Crippen LogP contribution in [0, 0.1) is 22.7 Å². The molecule has 0 spiro atoms. The molecule has 0 aliphatic carbocycles. The average Bonchev–Trinajstić information content (AvgIpc) is 2.51. The lowest BCUT2D eigenvalue weighted by atomic mass is 9.74. The molecule has 0 N–H and O–H groups in total. The minimum absolute atomic E-state index is 0.450. The van der Waals surface area contributed by atoms with Gasteiger partial charge in [-0.15, -0.1) is 13.2 Å². The van der Waals surface area contributed by atoms with E-state index in [1.807, 2.05) is 12.2 Å². The molecule has 122 valence electrons. The van der Waals surface area contributed by atoms with Crippen LogP contribution in [0.5, 0.6) is 0 Å². The standard InChI is InChI=1S/C21H33N/c1-6-9-10-11-12-13-14-15-16-20(7-2)21(8-3,18-22)17-19(4)5/h6-8,16,19H,1-3,9-15,17H2,4-5H3/b20-16+. The number of nitriles is 1. The van der Waals surface area contributed by atoms with Gasteiger partial charge in [-0.2, -0.15) is 5.26 Å². The Hall–Kier alpha value is -1.55. The first kappa shape index (κ1) is 20.5. The number of nitrogens with zero attached hydrogens (tertiary/aromatic N) is 1. The summed E-state index contributed by atoms with van der Waals surface area (Å²) in [6, 6.07) is 2.46. The number of hydrogen-bond donors (Lipinski definition) is 0. The summed E-state index contributed by atoms with van der Waals surface area (Å²) in [7, 11) is 0. The van der Waals surface area contributed by atoms with E-state index in [2.05, 4.69) is 45.7 Å². The molecule has 0 bridgehead atoms. The molecule has 1 atom stereocenters. The van der Waals surface area contributed by atoms with E-state index in [4.69, 9.17) is 0 Å². The summed E-state index contributed by atoms with van der Waals surface area (Å²) in [5, 5.41) is 9.63. The third kappa shape index (κ3) is 7.46. The SMILES string of the molecule is C=CCCCCCCC/C=C(\C=C)C(C#N)(C=C)CC(C)C. The lowest BCUT2D eigenvalue weighted by molar-refractivity contribution is 0.446. The van der Waals surface area contributed by atoms with E-state index in [1.165, 1.54) is 32.1 Å². The zero-order valence-electron chi connectivity index (χ0n) is 14.6. The summed E-state index contributed by atoms with van der Waals surface area (Å²) < 4.78 is 0. The highest BCUT2D eigenvalue weighted by atomic mass is 14.4. The number of rotatable bonds is 13. The van der Waals surface area contributed by atoms with Crippen LogP contribution in [0.15, 0.2) is 49.6 Å². The third-order valence-corrected chi connectivity index (χ3v) is 3.99. The Labute approximate surface area is 138 Å². The van der Waals surface area contributed by atoms with Gasteiger partial charge in [0, 0.05) is 0 Å². The molecule has 1 heteroatoms. The Kier molecular flexibility index (Phi) is 11.2. The Morgan fingerprint density at radius 2 is 1.64 bits per heavy atom. The number of hydrogen-bond acceptors (Lipinski definition) is 1. The highest BCUT2D eigenvalue weighted by Gasteiger charge is 2.30. The molecule has 1 nitrogen and oxygen atoms in total. The van der Waals surface area contributed by atoms with Gasteiger partial charge in [0.25, 0.3) is 0 Å². The van der Waals surface area contributed by atoms with E-state index in [1.54, 1.807) is 6.08 Å². The lowest BCUT2D eigenvalue weighted by Gasteiger charge is -2.26. The third-order valence-electron chi connectivity index (χ3n) is 3.99. The van der Waals surface area contributed by atoms with Gasteiger partial charge in [0.05, 0.1) is 11.5 Å². The van der Waals surface area contributed by atoms with Crippen molar-refractivity contribution in [3.63, 3.8) is 0 Å². The Balaban J connectivity index is 4.47. The summed E-state index contributed by atoms with van der Waals surface area (Å²) in [5.41, 5.74) is 0.435. The summed E-state index contributed by atoms with van der Waals surface area (Å²) in [6.07, 6.45) is 17.0. The van der Waals surface area contributed by atoms with Gasteiger partial charge in [0.1, 0.15) is 0 Å². The Bertz CT molecular complexity index is 408. The monoisotopic (exact) mass is 299 g/mol. The summed E-state index contributed by atoms with van der Waals surface area (Å²) >= 11 is 0. The van der Waals surface area contributed by atoms with Crippen molar-refractivity contribution in [1.82, 2.24) is 0 Å². The van der Waals surface area contributed by atoms with E-state index >= 15 is 0 Å². The van der Waals surface area contributed by atoms with Crippen LogP contribution in [0.4, 0.5) is 0 Å². The van der Waals surface area contributed by atoms with E-state index < -0.39 is 5.41 Å². The minimum Gasteiger partial charge on any atom is -0.197 e. The lowest BCUT2D eigenvalue weighted by Crippen LogP contribution is -2.20. The second kappa shape index (κ2) is 12.0. The zero-order valence-corrected chi connectivity index (χ0v) is 14.6. The summed E-state index contributed by atoms with van der Waals surface area (Å²) in [5.74, 6) is 0.450. The smallest absolute Gasteiger partial charge is 0.0999 e. The molecule has 0 saturated carbocycles. The van der Waals surface area contributed by atoms with Crippen molar-refractivity contribution >= 4 is 0 Å². The van der Waals surface area contributed by atoms with Gasteiger partial charge in [-0.1, -0.05) is 64.0 Å². The molecule has 0 aliphatic heterocycles. The predicted molar refractivity (Wildman–Crippen MR) is 98.5 cm³/mol. The van der Waals surface area contributed by atoms with Crippen molar-refractivity contribution in [1.29, 1.82) is 5.26 Å². The molecular weight excluding hydrogens is 266 g/mol. The minimum atomic E-state index is -0.583. The van der Waals surface area contributed by atoms with Crippen LogP contribution in [-0.4, -0.2) is 0 Å². The molecule has 0 aromatic carbocycles. The second-order valence-corrected chi connectivity index (χ2v) is 6.38. The van der Waals surface area contributed by atoms with Gasteiger partial charge in [-0.3, -0.25) is 0 Å². The van der Waals surface area contributed by atoms with Gasteiger partial charge in [0.2, 0.25) is 0 Å². The van der Waals surface area contributed by atoms with Crippen molar-refractivity contribution in [3.05, 3.63) is 49.6 Å². The van der Waals surface area contributed by atoms with Crippen molar-refractivity contribution in [3.8, 4) is 6.07 Å². The zero-order chi connectivity index (χ0) is 16.8. The Morgan fingerprint density at radius 3 is 2.09 bits per heavy atom. The maximum absolute atomic E-state index is 9.63. The van der Waals surface area contributed by atoms with Gasteiger partial charge in [0.15, 0.2) is 0 Å². The summed E-state index contributed by atoms with van der Waals surface area (Å²) in [6.45, 7) is 15.8. The topological polar surface area (TPSA) is 23.8 Å². The Morgan fingerprint density at radius 1 is 1.05 bits per heavy atom. The first-order chi connectivity index (χ1) is 10.6. The van der Waals surface area contributed by atoms with Crippen LogP contribution in [0.3, 0.4) is 0 Å². The van der Waals surface area contributed by atoms with Crippen LogP contribution in [0.2, 0.25) is 0 Å². The van der Waals surface area contributed by atoms with Crippen LogP contribution in [-0.2, 0) is 0 Å². The fourth-order valence-electron chi connectivity index (χ4n) is 2.79. The van der Waals surface area contributed by atoms with Crippen molar-refractivity contribution in [2.24, 2.45) is 11.3 Å². The number of unbranched alkanes of at least 4 members (excludes halogenated alkanes) is 6. The van der Waals surface area contributed by atoms with Gasteiger partial charge in [-0.05, 0) is 43.6 Å². The van der Waals surface area contributed by atoms with Crippen LogP contribution >= 0.6 is 0 Å². The fraction of sp³-hybridized carbons (Fsp3) is 0.571. The molecule has 22 heavy (non-hydrogen) atoms. The molecule has 0 amide bonds. The molecule has 0 aromatic heterocycles. The maximum Gasteiger partial charge on any atom is 0.0999 e. The molecule has 0 aliphatic rings. The molecule has 0 fully saturated rings. The highest BCUT2D eigenvalue weighted by Crippen LogP contribution is 2.36. The molecule has 0 radical (unpaired) electrons. The molecule has 0 saturated heterocycles. The number of allylic oxidation sites excluding steroid dienone is 5. The van der Waals surface area contributed by atoms with Crippen molar-refractivity contribution in [2.45, 2.75) is 65.2 Å². The molecule has 0 aromatic rings. The fourth-order valence-corrected chi connectivity index (χ4v) is 2.79. The molecule has 0 rings (SSSR count). The first-order valence-corrected chi connectivity index (χ1v) is 8.55. The van der Waals surface area contributed by atoms with Crippen LogP contribution in [0.25, 0.3) is 0 Å². The normalized spacial score (nSPS) is 14.2. The predicted octanol–water partition coefficient (Wildman–Crippen LogP) is 6.76. The quantitative estimate of drug-likeness (QED) is 0.209. The van der Waals surface area contributed by atoms with Crippen molar-refractivity contribution < 1.29 is 0 Å². The maximum atomic E-state index is 9.63. The second-order valence-electron chi connectivity index (χ2n) is 6.38. The van der Waals surface area contributed by atoms with E-state index in [0.717, 1.165) is 24.8 Å². The van der Waals surface area contributed by atoms with Gasteiger partial charge in [-0.25, -0.2) is 0 Å². The van der Waals surface area contributed by atoms with E-state index in [-0.39, 0.29) is 0 Å². The van der Waals surface area contributed by atoms with Crippen molar-refractivity contribution in [2.75, 3.05) is 0 Å². The average molecular weight is 300 g/mol. The highest BCUT2D eigenvalue weighted by molar-refractivity contribution is 5.37.